The van der Waals surface area contributed by atoms with Gasteiger partial charge in [0, 0.05) is 36.7 Å². The minimum atomic E-state index is -0.184. The van der Waals surface area contributed by atoms with Crippen LogP contribution in [-0.4, -0.2) is 44.3 Å². The third-order valence-corrected chi connectivity index (χ3v) is 7.71. The van der Waals surface area contributed by atoms with Crippen molar-refractivity contribution < 1.29 is 9.53 Å². The molecule has 0 aliphatic heterocycles. The van der Waals surface area contributed by atoms with E-state index < -0.39 is 0 Å². The Kier molecular flexibility index (Phi) is 8.42. The molecule has 0 fully saturated rings. The number of pyridine rings is 1. The standard InChI is InChI=1S/C28H26N6O2S2/c1-36-24-13-6-5-12-23(24)34-25(17-20-9-3-2-4-10-20)32-33-28(34)38-19-26-31-22(18-37-26)27(35)30-16-14-21-11-7-8-15-29-21/h2-13,15,18H,14,16-17,19H2,1H3,(H,30,35). The van der Waals surface area contributed by atoms with Crippen molar-refractivity contribution >= 4 is 29.0 Å². The molecule has 1 amide bonds. The average molecular weight is 543 g/mol. The molecule has 192 valence electrons. The van der Waals surface area contributed by atoms with Gasteiger partial charge in [-0.25, -0.2) is 4.98 Å². The van der Waals surface area contributed by atoms with Gasteiger partial charge in [0.15, 0.2) is 5.16 Å². The predicted octanol–water partition coefficient (Wildman–Crippen LogP) is 4.98. The summed E-state index contributed by atoms with van der Waals surface area (Å²) in [5.41, 5.74) is 3.38. The van der Waals surface area contributed by atoms with Gasteiger partial charge in [0.1, 0.15) is 22.3 Å². The quantitative estimate of drug-likeness (QED) is 0.235. The monoisotopic (exact) mass is 542 g/mol. The smallest absolute Gasteiger partial charge is 0.270 e. The molecule has 3 aromatic heterocycles. The molecule has 38 heavy (non-hydrogen) atoms. The second-order valence-electron chi connectivity index (χ2n) is 8.31. The van der Waals surface area contributed by atoms with E-state index in [1.54, 1.807) is 18.7 Å². The lowest BCUT2D eigenvalue weighted by Crippen LogP contribution is -2.26. The number of carbonyl (C=O) groups is 1. The number of rotatable bonds is 11. The second kappa shape index (κ2) is 12.5. The normalized spacial score (nSPS) is 10.9. The average Bonchev–Trinajstić information content (AvgIpc) is 3.60. The molecule has 0 bridgehead atoms. The van der Waals surface area contributed by atoms with Gasteiger partial charge in [-0.3, -0.25) is 14.3 Å². The van der Waals surface area contributed by atoms with Crippen LogP contribution in [0, 0.1) is 0 Å². The van der Waals surface area contributed by atoms with Crippen molar-refractivity contribution in [3.63, 3.8) is 0 Å². The van der Waals surface area contributed by atoms with E-state index in [-0.39, 0.29) is 5.91 Å². The molecule has 2 aromatic carbocycles. The first-order chi connectivity index (χ1) is 18.7. The fraction of sp³-hybridized carbons (Fsp3) is 0.179. The van der Waals surface area contributed by atoms with Crippen LogP contribution in [0.5, 0.6) is 5.75 Å². The summed E-state index contributed by atoms with van der Waals surface area (Å²) in [5, 5.41) is 15.3. The molecule has 0 aliphatic carbocycles. The minimum Gasteiger partial charge on any atom is -0.495 e. The molecule has 0 radical (unpaired) electrons. The van der Waals surface area contributed by atoms with Gasteiger partial charge in [-0.1, -0.05) is 60.3 Å². The number of benzene rings is 2. The number of amides is 1. The van der Waals surface area contributed by atoms with Crippen LogP contribution in [0.3, 0.4) is 0 Å². The maximum absolute atomic E-state index is 12.6. The maximum Gasteiger partial charge on any atom is 0.270 e. The molecule has 3 heterocycles. The van der Waals surface area contributed by atoms with E-state index in [0.29, 0.717) is 30.8 Å². The molecule has 0 saturated heterocycles. The molecular formula is C28H26N6O2S2. The molecule has 5 aromatic rings. The molecule has 0 unspecified atom stereocenters. The maximum atomic E-state index is 12.6. The van der Waals surface area contributed by atoms with Crippen molar-refractivity contribution in [1.82, 2.24) is 30.0 Å². The van der Waals surface area contributed by atoms with E-state index in [4.69, 9.17) is 4.74 Å². The molecule has 1 N–H and O–H groups in total. The number of methoxy groups -OCH3 is 1. The van der Waals surface area contributed by atoms with Crippen LogP contribution in [0.1, 0.15) is 32.6 Å². The SMILES string of the molecule is COc1ccccc1-n1c(Cc2ccccc2)nnc1SCc1nc(C(=O)NCCc2ccccn2)cs1. The first kappa shape index (κ1) is 25.6. The minimum absolute atomic E-state index is 0.184. The van der Waals surface area contributed by atoms with Gasteiger partial charge in [-0.2, -0.15) is 0 Å². The Hall–Kier alpha value is -4.02. The summed E-state index contributed by atoms with van der Waals surface area (Å²) in [5.74, 6) is 1.93. The fourth-order valence-corrected chi connectivity index (χ4v) is 5.65. The van der Waals surface area contributed by atoms with Gasteiger partial charge in [-0.05, 0) is 29.8 Å². The van der Waals surface area contributed by atoms with E-state index in [1.807, 2.05) is 65.2 Å². The lowest BCUT2D eigenvalue weighted by Gasteiger charge is -2.13. The zero-order valence-corrected chi connectivity index (χ0v) is 22.4. The van der Waals surface area contributed by atoms with Crippen molar-refractivity contribution in [2.75, 3.05) is 13.7 Å². The number of thioether (sulfide) groups is 1. The lowest BCUT2D eigenvalue weighted by molar-refractivity contribution is 0.0949. The van der Waals surface area contributed by atoms with Gasteiger partial charge in [-0.15, -0.1) is 21.5 Å². The molecule has 8 nitrogen and oxygen atoms in total. The van der Waals surface area contributed by atoms with Crippen molar-refractivity contribution in [2.45, 2.75) is 23.8 Å². The molecular weight excluding hydrogens is 516 g/mol. The number of para-hydroxylation sites is 2. The topological polar surface area (TPSA) is 94.8 Å². The molecule has 0 spiro atoms. The van der Waals surface area contributed by atoms with Crippen molar-refractivity contribution in [2.24, 2.45) is 0 Å². The van der Waals surface area contributed by atoms with Crippen LogP contribution in [0.25, 0.3) is 5.69 Å². The van der Waals surface area contributed by atoms with Crippen molar-refractivity contribution in [1.29, 1.82) is 0 Å². The highest BCUT2D eigenvalue weighted by molar-refractivity contribution is 7.98. The summed E-state index contributed by atoms with van der Waals surface area (Å²) >= 11 is 2.99. The van der Waals surface area contributed by atoms with E-state index >= 15 is 0 Å². The van der Waals surface area contributed by atoms with E-state index in [0.717, 1.165) is 38.7 Å². The van der Waals surface area contributed by atoms with Crippen LogP contribution in [0.4, 0.5) is 0 Å². The molecule has 5 rings (SSSR count). The Morgan fingerprint density at radius 1 is 1.03 bits per heavy atom. The zero-order valence-electron chi connectivity index (χ0n) is 20.8. The highest BCUT2D eigenvalue weighted by Crippen LogP contribution is 2.31. The highest BCUT2D eigenvalue weighted by Gasteiger charge is 2.19. The summed E-state index contributed by atoms with van der Waals surface area (Å²) in [6, 6.07) is 23.8. The number of nitrogens with one attached hydrogen (secondary N) is 1. The van der Waals surface area contributed by atoms with Crippen molar-refractivity contribution in [3.05, 3.63) is 112 Å². The second-order valence-corrected chi connectivity index (χ2v) is 10.2. The molecule has 0 aliphatic rings. The lowest BCUT2D eigenvalue weighted by atomic mass is 10.1. The summed E-state index contributed by atoms with van der Waals surface area (Å²) in [6.07, 6.45) is 3.05. The Balaban J connectivity index is 1.29. The van der Waals surface area contributed by atoms with Crippen molar-refractivity contribution in [3.8, 4) is 11.4 Å². The number of hydrogen-bond acceptors (Lipinski definition) is 8. The number of hydrogen-bond donors (Lipinski definition) is 1. The van der Waals surface area contributed by atoms with Gasteiger partial charge < -0.3 is 10.1 Å². The Labute approximate surface area is 229 Å². The van der Waals surface area contributed by atoms with E-state index in [1.165, 1.54) is 23.1 Å². The predicted molar refractivity (Wildman–Crippen MR) is 149 cm³/mol. The number of carbonyl (C=O) groups excluding carboxylic acids is 1. The third-order valence-electron chi connectivity index (χ3n) is 5.73. The first-order valence-electron chi connectivity index (χ1n) is 12.1. The number of nitrogens with zero attached hydrogens (tertiary/aromatic N) is 5. The molecule has 0 saturated carbocycles. The van der Waals surface area contributed by atoms with Crippen LogP contribution in [-0.2, 0) is 18.6 Å². The zero-order chi connectivity index (χ0) is 26.2. The largest absolute Gasteiger partial charge is 0.495 e. The van der Waals surface area contributed by atoms with Crippen LogP contribution in [0.15, 0.2) is 89.5 Å². The van der Waals surface area contributed by atoms with Crippen LogP contribution < -0.4 is 10.1 Å². The summed E-state index contributed by atoms with van der Waals surface area (Å²) < 4.78 is 7.67. The van der Waals surface area contributed by atoms with E-state index in [2.05, 4.69) is 37.6 Å². The van der Waals surface area contributed by atoms with E-state index in [9.17, 15) is 4.79 Å². The Bertz CT molecular complexity index is 1490. The van der Waals surface area contributed by atoms with Crippen LogP contribution in [0.2, 0.25) is 0 Å². The van der Waals surface area contributed by atoms with Gasteiger partial charge in [0.25, 0.3) is 5.91 Å². The molecule has 10 heteroatoms. The number of ether oxygens (including phenoxy) is 1. The number of aromatic nitrogens is 5. The fourth-order valence-electron chi connectivity index (χ4n) is 3.89. The van der Waals surface area contributed by atoms with Crippen LogP contribution >= 0.6 is 23.1 Å². The number of thiazole rings is 1. The summed E-state index contributed by atoms with van der Waals surface area (Å²) in [4.78, 5) is 21.4. The van der Waals surface area contributed by atoms with Gasteiger partial charge in [0.05, 0.1) is 18.6 Å². The Morgan fingerprint density at radius 3 is 2.66 bits per heavy atom. The molecule has 0 atom stereocenters. The summed E-state index contributed by atoms with van der Waals surface area (Å²) in [6.45, 7) is 0.504. The first-order valence-corrected chi connectivity index (χ1v) is 13.9. The van der Waals surface area contributed by atoms with Gasteiger partial charge in [0.2, 0.25) is 0 Å². The van der Waals surface area contributed by atoms with Gasteiger partial charge >= 0.3 is 0 Å². The highest BCUT2D eigenvalue weighted by atomic mass is 32.2. The third kappa shape index (κ3) is 6.27. The summed E-state index contributed by atoms with van der Waals surface area (Å²) in [7, 11) is 1.66. The Morgan fingerprint density at radius 2 is 1.84 bits per heavy atom.